The van der Waals surface area contributed by atoms with E-state index < -0.39 is 17.7 Å². The fourth-order valence-electron chi connectivity index (χ4n) is 1.95. The van der Waals surface area contributed by atoms with E-state index in [4.69, 9.17) is 4.42 Å². The van der Waals surface area contributed by atoms with Crippen LogP contribution in [0.25, 0.3) is 11.5 Å². The van der Waals surface area contributed by atoms with Gasteiger partial charge < -0.3 is 14.8 Å². The van der Waals surface area contributed by atoms with Gasteiger partial charge in [-0.3, -0.25) is 4.79 Å². The Morgan fingerprint density at radius 2 is 2.00 bits per heavy atom. The van der Waals surface area contributed by atoms with Crippen LogP contribution in [0.5, 0.6) is 0 Å². The first kappa shape index (κ1) is 14.9. The first-order valence-electron chi connectivity index (χ1n) is 6.38. The minimum Gasteiger partial charge on any atom is -0.478 e. The average Bonchev–Trinajstić information content (AvgIpc) is 3.16. The summed E-state index contributed by atoms with van der Waals surface area (Å²) in [5, 5.41) is 13.6. The molecule has 8 heteroatoms. The predicted octanol–water partition coefficient (Wildman–Crippen LogP) is 3.49. The molecule has 2 N–H and O–H groups in total. The molecule has 0 spiro atoms. The number of aromatic carboxylic acids is 1. The van der Waals surface area contributed by atoms with Crippen LogP contribution < -0.4 is 5.32 Å². The Morgan fingerprint density at radius 3 is 2.61 bits per heavy atom. The number of oxazole rings is 1. The van der Waals surface area contributed by atoms with Gasteiger partial charge in [0.25, 0.3) is 5.91 Å². The minimum atomic E-state index is -1.21. The molecule has 0 saturated carbocycles. The summed E-state index contributed by atoms with van der Waals surface area (Å²) in [6, 6.07) is 4.93. The summed E-state index contributed by atoms with van der Waals surface area (Å²) in [6.45, 7) is 0. The summed E-state index contributed by atoms with van der Waals surface area (Å²) in [5.41, 5.74) is 0.392. The quantitative estimate of drug-likeness (QED) is 0.763. The van der Waals surface area contributed by atoms with Gasteiger partial charge in [0.15, 0.2) is 0 Å². The Balaban J connectivity index is 1.93. The molecule has 116 valence electrons. The molecular formula is C15H9FN2O4S. The van der Waals surface area contributed by atoms with Gasteiger partial charge in [0.1, 0.15) is 22.6 Å². The summed E-state index contributed by atoms with van der Waals surface area (Å²) < 4.78 is 18.0. The normalized spacial score (nSPS) is 10.5. The standard InChI is InChI=1S/C15H9FN2O4S/c16-9-3-1-8(2-4-9)12(19)18-14-11(15(20)21)10(7-23-14)13-17-5-6-22-13/h1-7H,(H,18,19)(H,20,21). The molecule has 0 aliphatic rings. The van der Waals surface area contributed by atoms with Gasteiger partial charge in [-0.2, -0.15) is 0 Å². The molecule has 0 fully saturated rings. The molecular weight excluding hydrogens is 323 g/mol. The smallest absolute Gasteiger partial charge is 0.339 e. The highest BCUT2D eigenvalue weighted by atomic mass is 32.1. The van der Waals surface area contributed by atoms with Crippen molar-refractivity contribution in [2.45, 2.75) is 0 Å². The van der Waals surface area contributed by atoms with Crippen molar-refractivity contribution in [3.63, 3.8) is 0 Å². The number of carbonyl (C=O) groups excluding carboxylic acids is 1. The van der Waals surface area contributed by atoms with Crippen LogP contribution in [-0.4, -0.2) is 22.0 Å². The molecule has 0 aliphatic heterocycles. The van der Waals surface area contributed by atoms with Crippen LogP contribution in [-0.2, 0) is 0 Å². The average molecular weight is 332 g/mol. The number of anilines is 1. The van der Waals surface area contributed by atoms with Gasteiger partial charge in [-0.1, -0.05) is 0 Å². The lowest BCUT2D eigenvalue weighted by atomic mass is 10.1. The van der Waals surface area contributed by atoms with Crippen molar-refractivity contribution in [3.05, 3.63) is 59.0 Å². The van der Waals surface area contributed by atoms with E-state index in [-0.39, 0.29) is 27.6 Å². The fourth-order valence-corrected chi connectivity index (χ4v) is 2.87. The zero-order valence-electron chi connectivity index (χ0n) is 11.4. The number of nitrogens with zero attached hydrogens (tertiary/aromatic N) is 1. The third kappa shape index (κ3) is 2.97. The van der Waals surface area contributed by atoms with Gasteiger partial charge in [-0.15, -0.1) is 11.3 Å². The monoisotopic (exact) mass is 332 g/mol. The molecule has 23 heavy (non-hydrogen) atoms. The molecule has 0 bridgehead atoms. The summed E-state index contributed by atoms with van der Waals surface area (Å²) >= 11 is 1.04. The highest BCUT2D eigenvalue weighted by Crippen LogP contribution is 2.35. The van der Waals surface area contributed by atoms with Crippen molar-refractivity contribution in [3.8, 4) is 11.5 Å². The van der Waals surface area contributed by atoms with Gasteiger partial charge in [-0.25, -0.2) is 14.2 Å². The van der Waals surface area contributed by atoms with E-state index in [2.05, 4.69) is 10.3 Å². The Labute approximate surface area is 133 Å². The number of carboxylic acids is 1. The fraction of sp³-hybridized carbons (Fsp3) is 0. The maximum atomic E-state index is 12.9. The third-order valence-corrected chi connectivity index (χ3v) is 3.90. The second-order valence-corrected chi connectivity index (χ2v) is 5.34. The molecule has 0 atom stereocenters. The van der Waals surface area contributed by atoms with E-state index >= 15 is 0 Å². The topological polar surface area (TPSA) is 92.4 Å². The van der Waals surface area contributed by atoms with Crippen molar-refractivity contribution < 1.29 is 23.5 Å². The number of hydrogen-bond acceptors (Lipinski definition) is 5. The largest absolute Gasteiger partial charge is 0.478 e. The van der Waals surface area contributed by atoms with E-state index in [1.54, 1.807) is 0 Å². The van der Waals surface area contributed by atoms with Gasteiger partial charge >= 0.3 is 5.97 Å². The first-order chi connectivity index (χ1) is 11.1. The Kier molecular flexibility index (Phi) is 3.90. The Hall–Kier alpha value is -3.00. The van der Waals surface area contributed by atoms with Crippen LogP contribution in [0, 0.1) is 5.82 Å². The van der Waals surface area contributed by atoms with Crippen molar-refractivity contribution in [2.24, 2.45) is 0 Å². The number of halogens is 1. The van der Waals surface area contributed by atoms with Gasteiger partial charge in [-0.05, 0) is 24.3 Å². The van der Waals surface area contributed by atoms with Crippen LogP contribution in [0.2, 0.25) is 0 Å². The second-order valence-electron chi connectivity index (χ2n) is 4.46. The number of nitrogens with one attached hydrogen (secondary N) is 1. The first-order valence-corrected chi connectivity index (χ1v) is 7.26. The van der Waals surface area contributed by atoms with E-state index in [9.17, 15) is 19.1 Å². The number of hydrogen-bond donors (Lipinski definition) is 2. The Bertz CT molecular complexity index is 856. The molecule has 1 amide bonds. The lowest BCUT2D eigenvalue weighted by Crippen LogP contribution is -2.13. The number of rotatable bonds is 4. The molecule has 0 aliphatic carbocycles. The molecule has 6 nitrogen and oxygen atoms in total. The molecule has 0 unspecified atom stereocenters. The molecule has 2 heterocycles. The SMILES string of the molecule is O=C(Nc1scc(-c2ncco2)c1C(=O)O)c1ccc(F)cc1. The van der Waals surface area contributed by atoms with Crippen molar-refractivity contribution >= 4 is 28.2 Å². The van der Waals surface area contributed by atoms with Gasteiger partial charge in [0.2, 0.25) is 5.89 Å². The maximum Gasteiger partial charge on any atom is 0.339 e. The lowest BCUT2D eigenvalue weighted by molar-refractivity contribution is 0.0699. The number of aromatic nitrogens is 1. The predicted molar refractivity (Wildman–Crippen MR) is 81.1 cm³/mol. The van der Waals surface area contributed by atoms with Crippen molar-refractivity contribution in [2.75, 3.05) is 5.32 Å². The summed E-state index contributed by atoms with van der Waals surface area (Å²) in [4.78, 5) is 27.5. The third-order valence-electron chi connectivity index (χ3n) is 3.00. The van der Waals surface area contributed by atoms with E-state index in [1.165, 1.54) is 30.0 Å². The van der Waals surface area contributed by atoms with Crippen molar-refractivity contribution in [1.29, 1.82) is 0 Å². The molecule has 2 aromatic heterocycles. The molecule has 3 rings (SSSR count). The van der Waals surface area contributed by atoms with Crippen LogP contribution in [0.4, 0.5) is 9.39 Å². The zero-order valence-corrected chi connectivity index (χ0v) is 12.3. The van der Waals surface area contributed by atoms with E-state index in [0.29, 0.717) is 0 Å². The van der Waals surface area contributed by atoms with Crippen LogP contribution >= 0.6 is 11.3 Å². The van der Waals surface area contributed by atoms with Crippen LogP contribution in [0.15, 0.2) is 46.5 Å². The summed E-state index contributed by atoms with van der Waals surface area (Å²) in [6.07, 6.45) is 2.73. The van der Waals surface area contributed by atoms with E-state index in [1.807, 2.05) is 0 Å². The molecule has 0 radical (unpaired) electrons. The minimum absolute atomic E-state index is 0.104. The number of benzene rings is 1. The highest BCUT2D eigenvalue weighted by molar-refractivity contribution is 7.15. The zero-order chi connectivity index (χ0) is 16.4. The number of thiophene rings is 1. The van der Waals surface area contributed by atoms with Crippen molar-refractivity contribution in [1.82, 2.24) is 4.98 Å². The molecule has 0 saturated heterocycles. The highest BCUT2D eigenvalue weighted by Gasteiger charge is 2.23. The maximum absolute atomic E-state index is 12.9. The number of carbonyl (C=O) groups is 2. The van der Waals surface area contributed by atoms with Gasteiger partial charge in [0.05, 0.1) is 11.8 Å². The van der Waals surface area contributed by atoms with E-state index in [0.717, 1.165) is 23.5 Å². The molecule has 1 aromatic carbocycles. The van der Waals surface area contributed by atoms with Gasteiger partial charge in [0, 0.05) is 10.9 Å². The number of amides is 1. The number of carboxylic acid groups (broad SMARTS) is 1. The van der Waals surface area contributed by atoms with Crippen LogP contribution in [0.1, 0.15) is 20.7 Å². The summed E-state index contributed by atoms with van der Waals surface area (Å²) in [5.74, 6) is -2.06. The summed E-state index contributed by atoms with van der Waals surface area (Å²) in [7, 11) is 0. The second kappa shape index (κ2) is 6.01. The lowest BCUT2D eigenvalue weighted by Gasteiger charge is -2.05. The molecule has 3 aromatic rings. The van der Waals surface area contributed by atoms with Crippen LogP contribution in [0.3, 0.4) is 0 Å². The Morgan fingerprint density at radius 1 is 1.26 bits per heavy atom.